The molecule has 19 heteroatoms. The van der Waals surface area contributed by atoms with Gasteiger partial charge >= 0.3 is 11.9 Å². The fourth-order valence-corrected chi connectivity index (χ4v) is 5.29. The number of H-pyrrole nitrogens is 1. The second-order valence-corrected chi connectivity index (χ2v) is 11.4. The number of ether oxygens (including phenoxy) is 2. The third kappa shape index (κ3) is 11.1. The summed E-state index contributed by atoms with van der Waals surface area (Å²) in [6, 6.07) is 15.5. The molecule has 2 atom stereocenters. The van der Waals surface area contributed by atoms with Crippen LogP contribution in [0.2, 0.25) is 5.15 Å². The van der Waals surface area contributed by atoms with Crippen LogP contribution in [0.4, 0.5) is 0 Å². The predicted molar refractivity (Wildman–Crippen MR) is 171 cm³/mol. The molecule has 5 N–H and O–H groups in total. The fourth-order valence-electron chi connectivity index (χ4n) is 5.01. The van der Waals surface area contributed by atoms with Crippen molar-refractivity contribution in [2.24, 2.45) is 0 Å². The van der Waals surface area contributed by atoms with Crippen molar-refractivity contribution in [1.29, 1.82) is 0 Å². The number of nitrogens with one attached hydrogen (secondary N) is 1. The summed E-state index contributed by atoms with van der Waals surface area (Å²) in [4.78, 5) is 39.6. The second-order valence-electron chi connectivity index (χ2n) is 11.1. The number of aromatic amines is 1. The molecule has 2 aromatic carbocycles. The van der Waals surface area contributed by atoms with E-state index < -0.39 is 41.5 Å². The third-order valence-electron chi connectivity index (χ3n) is 7.47. The summed E-state index contributed by atoms with van der Waals surface area (Å²) in [5.41, 5.74) is 3.56. The number of halogens is 1. The van der Waals surface area contributed by atoms with Gasteiger partial charge in [-0.3, -0.25) is 20.8 Å². The molecule has 2 heterocycles. The van der Waals surface area contributed by atoms with Crippen molar-refractivity contribution in [3.05, 3.63) is 70.8 Å². The summed E-state index contributed by atoms with van der Waals surface area (Å²) in [5.74, 6) is -0.536. The molecule has 0 fully saturated rings. The Hall–Kier alpha value is -4.37. The van der Waals surface area contributed by atoms with Crippen LogP contribution in [-0.2, 0) is 36.9 Å². The number of hydrogen-bond donors (Lipinski definition) is 5. The summed E-state index contributed by atoms with van der Waals surface area (Å²) in [5, 5.41) is 48.3. The number of esters is 2. The maximum atomic E-state index is 13.4. The number of hydrogen-bond acceptors (Lipinski definition) is 16. The molecule has 0 saturated carbocycles. The number of benzene rings is 2. The molecule has 4 aromatic rings. The molecule has 2 aromatic heterocycles. The lowest BCUT2D eigenvalue weighted by Crippen LogP contribution is -2.31. The van der Waals surface area contributed by atoms with Gasteiger partial charge in [0.05, 0.1) is 17.4 Å². The number of aromatic nitrogens is 6. The number of imidazole rings is 1. The zero-order valence-corrected chi connectivity index (χ0v) is 28.1. The van der Waals surface area contributed by atoms with Crippen LogP contribution in [0.5, 0.6) is 0 Å². The minimum absolute atomic E-state index is 0.0170. The second kappa shape index (κ2) is 19.1. The van der Waals surface area contributed by atoms with Crippen LogP contribution in [-0.4, -0.2) is 99.1 Å². The smallest absolute Gasteiger partial charge is 0.359 e. The van der Waals surface area contributed by atoms with Crippen molar-refractivity contribution in [1.82, 2.24) is 41.0 Å². The average Bonchev–Trinajstić information content (AvgIpc) is 3.74. The molecule has 0 saturated heterocycles. The van der Waals surface area contributed by atoms with Gasteiger partial charge in [0.2, 0.25) is 5.82 Å². The molecule has 18 nitrogen and oxygen atoms in total. The summed E-state index contributed by atoms with van der Waals surface area (Å²) < 4.78 is 12.4. The Morgan fingerprint density at radius 1 is 1.00 bits per heavy atom. The lowest BCUT2D eigenvalue weighted by Gasteiger charge is -2.19. The van der Waals surface area contributed by atoms with E-state index in [0.717, 1.165) is 35.1 Å². The highest BCUT2D eigenvalue weighted by Crippen LogP contribution is 2.30. The van der Waals surface area contributed by atoms with Crippen molar-refractivity contribution in [3.63, 3.8) is 0 Å². The highest BCUT2D eigenvalue weighted by atomic mass is 35.5. The van der Waals surface area contributed by atoms with E-state index in [4.69, 9.17) is 41.9 Å². The lowest BCUT2D eigenvalue weighted by atomic mass is 9.98. The Kier molecular flexibility index (Phi) is 14.7. The van der Waals surface area contributed by atoms with Crippen molar-refractivity contribution in [3.8, 4) is 22.5 Å². The number of carbonyl (C=O) groups excluding carboxylic acids is 2. The normalized spacial score (nSPS) is 12.7. The van der Waals surface area contributed by atoms with Gasteiger partial charge in [0.1, 0.15) is 18.5 Å². The minimum atomic E-state index is -1.26. The number of carbonyl (C=O) groups is 2. The predicted octanol–water partition coefficient (Wildman–Crippen LogP) is 4.43. The first-order valence-electron chi connectivity index (χ1n) is 15.8. The minimum Gasteiger partial charge on any atom is -0.463 e. The molecule has 0 aliphatic carbocycles. The number of nitrogens with zero attached hydrogens (tertiary/aromatic N) is 7. The monoisotopic (exact) mass is 718 g/mol. The van der Waals surface area contributed by atoms with Gasteiger partial charge in [0.15, 0.2) is 17.0 Å². The topological polar surface area (TPSA) is 231 Å². The number of tetrazole rings is 1. The van der Waals surface area contributed by atoms with Gasteiger partial charge in [-0.2, -0.15) is 5.21 Å². The van der Waals surface area contributed by atoms with Gasteiger partial charge in [-0.05, 0) is 54.5 Å². The van der Waals surface area contributed by atoms with Crippen LogP contribution in [0, 0.1) is 0 Å². The Morgan fingerprint density at radius 2 is 1.74 bits per heavy atom. The van der Waals surface area contributed by atoms with Crippen LogP contribution < -0.4 is 0 Å². The number of rotatable bonds is 20. The van der Waals surface area contributed by atoms with Crippen molar-refractivity contribution >= 4 is 23.5 Å². The van der Waals surface area contributed by atoms with Crippen molar-refractivity contribution in [2.75, 3.05) is 13.2 Å². The fraction of sp³-hybridized carbons (Fsp3) is 0.419. The van der Waals surface area contributed by atoms with Gasteiger partial charge < -0.3 is 14.0 Å². The molecule has 4 rings (SSSR count). The van der Waals surface area contributed by atoms with Crippen LogP contribution >= 0.6 is 11.6 Å². The summed E-state index contributed by atoms with van der Waals surface area (Å²) in [6.07, 6.45) is 0.922. The van der Waals surface area contributed by atoms with E-state index in [9.17, 15) is 9.59 Å². The van der Waals surface area contributed by atoms with E-state index in [2.05, 4.69) is 35.3 Å². The molecule has 0 aliphatic heterocycles. The van der Waals surface area contributed by atoms with E-state index in [1.807, 2.05) is 55.5 Å². The van der Waals surface area contributed by atoms with E-state index in [1.54, 1.807) is 4.57 Å². The first kappa shape index (κ1) is 38.4. The maximum absolute atomic E-state index is 13.4. The number of aryl methyl sites for hydroxylation is 1. The summed E-state index contributed by atoms with van der Waals surface area (Å²) >= 11 is 6.49. The van der Waals surface area contributed by atoms with E-state index in [-0.39, 0.29) is 30.4 Å². The summed E-state index contributed by atoms with van der Waals surface area (Å²) in [6.45, 7) is 3.23. The molecule has 0 radical (unpaired) electrons. The zero-order valence-electron chi connectivity index (χ0n) is 27.4. The Balaban J connectivity index is 1.39. The molecule has 0 unspecified atom stereocenters. The molecule has 50 heavy (non-hydrogen) atoms. The average molecular weight is 719 g/mol. The highest BCUT2D eigenvalue weighted by Gasteiger charge is 2.28. The van der Waals surface area contributed by atoms with Gasteiger partial charge in [0.25, 0.3) is 0 Å². The Labute approximate surface area is 291 Å². The van der Waals surface area contributed by atoms with Crippen LogP contribution in [0.25, 0.3) is 22.5 Å². The van der Waals surface area contributed by atoms with Gasteiger partial charge in [-0.1, -0.05) is 73.5 Å². The standard InChI is InChI=1S/C31H39ClN8O10/c1-3-4-12-26-33-28(32)27(31(42)49-20(2)30(41)47-17-8-7-9-23(50-40(45)46)19-48-39(43)44)38(26)18-21-13-15-22(16-14-21)24-10-5-6-11-25(24)29-34-36-37-35-29/h5-6,10-11,13-16,20,23,43-46H,3-4,7-9,12,17-19H2,1-2H3,(H,34,35,36,37)/t20-,23-/m1/s1. The van der Waals surface area contributed by atoms with Crippen LogP contribution in [0.15, 0.2) is 48.5 Å². The molecule has 0 bridgehead atoms. The van der Waals surface area contributed by atoms with Gasteiger partial charge in [-0.25, -0.2) is 24.2 Å². The lowest BCUT2D eigenvalue weighted by molar-refractivity contribution is -0.527. The highest BCUT2D eigenvalue weighted by molar-refractivity contribution is 6.32. The molecule has 0 spiro atoms. The molecule has 0 amide bonds. The first-order chi connectivity index (χ1) is 24.1. The van der Waals surface area contributed by atoms with E-state index in [1.165, 1.54) is 6.92 Å². The first-order valence-corrected chi connectivity index (χ1v) is 16.1. The van der Waals surface area contributed by atoms with Gasteiger partial charge in [0, 0.05) is 18.5 Å². The number of unbranched alkanes of at least 4 members (excludes halogenated alkanes) is 2. The molecular weight excluding hydrogens is 680 g/mol. The SMILES string of the molecule is CCCCc1nc(Cl)c(C(=O)O[C@H](C)C(=O)OCCCC[C@H](CON(O)O)ON(O)O)n1Cc1ccc(-c2ccccc2-c2nn[nH]n2)cc1. The van der Waals surface area contributed by atoms with E-state index in [0.29, 0.717) is 30.9 Å². The van der Waals surface area contributed by atoms with E-state index >= 15 is 0 Å². The summed E-state index contributed by atoms with van der Waals surface area (Å²) in [7, 11) is 0. The molecular formula is C31H39ClN8O10. The maximum Gasteiger partial charge on any atom is 0.359 e. The largest absolute Gasteiger partial charge is 0.463 e. The van der Waals surface area contributed by atoms with Crippen molar-refractivity contribution < 1.29 is 49.6 Å². The van der Waals surface area contributed by atoms with Crippen molar-refractivity contribution in [2.45, 2.75) is 71.1 Å². The molecule has 270 valence electrons. The third-order valence-corrected chi connectivity index (χ3v) is 7.73. The quantitative estimate of drug-likeness (QED) is 0.0483. The Morgan fingerprint density at radius 3 is 2.40 bits per heavy atom. The molecule has 0 aliphatic rings. The van der Waals surface area contributed by atoms with Gasteiger partial charge in [-0.15, -0.1) is 10.2 Å². The Bertz CT molecular complexity index is 1650. The van der Waals surface area contributed by atoms with Crippen LogP contribution in [0.3, 0.4) is 0 Å². The van der Waals surface area contributed by atoms with Crippen LogP contribution in [0.1, 0.15) is 67.8 Å². The zero-order chi connectivity index (χ0) is 36.0.